The Morgan fingerprint density at radius 1 is 1.14 bits per heavy atom. The summed E-state index contributed by atoms with van der Waals surface area (Å²) >= 11 is 5.97. The molecule has 0 amide bonds. The highest BCUT2D eigenvalue weighted by atomic mass is 35.5. The van der Waals surface area contributed by atoms with Gasteiger partial charge in [-0.3, -0.25) is 4.79 Å². The largest absolute Gasteiger partial charge is 0.465 e. The van der Waals surface area contributed by atoms with Crippen molar-refractivity contribution in [3.8, 4) is 5.75 Å². The molecule has 1 heterocycles. The van der Waals surface area contributed by atoms with Gasteiger partial charge in [0, 0.05) is 11.4 Å². The van der Waals surface area contributed by atoms with E-state index >= 15 is 0 Å². The summed E-state index contributed by atoms with van der Waals surface area (Å²) in [5, 5.41) is 0.647. The molecule has 2 aromatic carbocycles. The van der Waals surface area contributed by atoms with Crippen LogP contribution in [-0.4, -0.2) is 24.5 Å². The Kier molecular flexibility index (Phi) is 7.34. The average molecular weight is 415 g/mol. The average Bonchev–Trinajstić information content (AvgIpc) is 2.73. The lowest BCUT2D eigenvalue weighted by atomic mass is 9.86. The molecular formula is C24H27ClO4. The molecule has 0 aliphatic carbocycles. The van der Waals surface area contributed by atoms with Crippen LogP contribution >= 0.6 is 11.6 Å². The SMILES string of the molecule is C=CC(OC(=O)C(C)C)C1CC(c2ccccc2)CC(Oc2ccc(Cl)cc2)O1. The van der Waals surface area contributed by atoms with E-state index in [-0.39, 0.29) is 23.9 Å². The van der Waals surface area contributed by atoms with Gasteiger partial charge in [-0.15, -0.1) is 0 Å². The summed E-state index contributed by atoms with van der Waals surface area (Å²) in [6.45, 7) is 7.47. The lowest BCUT2D eigenvalue weighted by Gasteiger charge is -2.38. The summed E-state index contributed by atoms with van der Waals surface area (Å²) in [7, 11) is 0. The molecule has 4 atom stereocenters. The minimum Gasteiger partial charge on any atom is -0.465 e. The molecule has 1 fully saturated rings. The van der Waals surface area contributed by atoms with Gasteiger partial charge in [-0.1, -0.05) is 62.4 Å². The number of benzene rings is 2. The number of rotatable bonds is 7. The van der Waals surface area contributed by atoms with Gasteiger partial charge in [0.15, 0.2) is 0 Å². The van der Waals surface area contributed by atoms with Crippen LogP contribution in [0, 0.1) is 5.92 Å². The minimum atomic E-state index is -0.535. The van der Waals surface area contributed by atoms with E-state index in [2.05, 4.69) is 18.7 Å². The monoisotopic (exact) mass is 414 g/mol. The molecule has 1 saturated heterocycles. The van der Waals surface area contributed by atoms with Crippen LogP contribution in [0.15, 0.2) is 67.3 Å². The van der Waals surface area contributed by atoms with Crippen LogP contribution < -0.4 is 4.74 Å². The van der Waals surface area contributed by atoms with Gasteiger partial charge in [0.2, 0.25) is 6.29 Å². The zero-order valence-electron chi connectivity index (χ0n) is 16.8. The van der Waals surface area contributed by atoms with Gasteiger partial charge in [0.25, 0.3) is 0 Å². The number of ether oxygens (including phenoxy) is 3. The first-order valence-electron chi connectivity index (χ1n) is 9.92. The fourth-order valence-electron chi connectivity index (χ4n) is 3.41. The zero-order valence-corrected chi connectivity index (χ0v) is 17.5. The third-order valence-corrected chi connectivity index (χ3v) is 5.25. The van der Waals surface area contributed by atoms with Gasteiger partial charge in [-0.05, 0) is 48.2 Å². The van der Waals surface area contributed by atoms with Crippen LogP contribution in [0.1, 0.15) is 38.2 Å². The van der Waals surface area contributed by atoms with Crippen molar-refractivity contribution in [2.24, 2.45) is 5.92 Å². The standard InChI is InChI=1S/C24H27ClO4/c1-4-21(29-24(26)16(2)3)22-14-18(17-8-6-5-7-9-17)15-23(28-22)27-20-12-10-19(25)11-13-20/h4-13,16,18,21-23H,1,14-15H2,2-3H3. The topological polar surface area (TPSA) is 44.8 Å². The van der Waals surface area contributed by atoms with E-state index in [0.717, 1.165) is 0 Å². The highest BCUT2D eigenvalue weighted by molar-refractivity contribution is 6.30. The van der Waals surface area contributed by atoms with E-state index in [0.29, 0.717) is 23.6 Å². The highest BCUT2D eigenvalue weighted by Gasteiger charge is 2.37. The van der Waals surface area contributed by atoms with Crippen molar-refractivity contribution in [2.75, 3.05) is 0 Å². The third kappa shape index (κ3) is 5.84. The summed E-state index contributed by atoms with van der Waals surface area (Å²) in [6.07, 6.45) is 1.70. The smallest absolute Gasteiger partial charge is 0.309 e. The maximum atomic E-state index is 12.1. The number of carbonyl (C=O) groups excluding carboxylic acids is 1. The summed E-state index contributed by atoms with van der Waals surface area (Å²) in [5.74, 6) is 0.413. The Labute approximate surface area is 177 Å². The van der Waals surface area contributed by atoms with Crippen molar-refractivity contribution in [3.63, 3.8) is 0 Å². The van der Waals surface area contributed by atoms with E-state index < -0.39 is 12.4 Å². The van der Waals surface area contributed by atoms with E-state index in [1.807, 2.05) is 44.2 Å². The number of esters is 1. The quantitative estimate of drug-likeness (QED) is 0.426. The third-order valence-electron chi connectivity index (χ3n) is 4.99. The van der Waals surface area contributed by atoms with Crippen LogP contribution in [0.5, 0.6) is 5.75 Å². The summed E-state index contributed by atoms with van der Waals surface area (Å²) in [6, 6.07) is 17.5. The second kappa shape index (κ2) is 9.95. The van der Waals surface area contributed by atoms with Crippen LogP contribution in [0.2, 0.25) is 5.02 Å². The van der Waals surface area contributed by atoms with Gasteiger partial charge in [0.05, 0.1) is 5.92 Å². The summed E-state index contributed by atoms with van der Waals surface area (Å²) in [5.41, 5.74) is 1.21. The maximum Gasteiger partial charge on any atom is 0.309 e. The second-order valence-electron chi connectivity index (χ2n) is 7.55. The van der Waals surface area contributed by atoms with Gasteiger partial charge in [0.1, 0.15) is 18.0 Å². The minimum absolute atomic E-state index is 0.215. The van der Waals surface area contributed by atoms with Crippen molar-refractivity contribution in [1.82, 2.24) is 0 Å². The molecule has 29 heavy (non-hydrogen) atoms. The van der Waals surface area contributed by atoms with Crippen LogP contribution in [0.25, 0.3) is 0 Å². The van der Waals surface area contributed by atoms with Crippen molar-refractivity contribution < 1.29 is 19.0 Å². The van der Waals surface area contributed by atoms with Crippen molar-refractivity contribution in [2.45, 2.75) is 51.1 Å². The first-order chi connectivity index (χ1) is 14.0. The van der Waals surface area contributed by atoms with Gasteiger partial charge < -0.3 is 14.2 Å². The molecule has 0 aromatic heterocycles. The zero-order chi connectivity index (χ0) is 20.8. The molecule has 3 rings (SSSR count). The summed E-state index contributed by atoms with van der Waals surface area (Å²) < 4.78 is 17.9. The highest BCUT2D eigenvalue weighted by Crippen LogP contribution is 2.36. The molecule has 4 unspecified atom stereocenters. The molecule has 0 spiro atoms. The molecule has 5 heteroatoms. The fourth-order valence-corrected chi connectivity index (χ4v) is 3.54. The predicted octanol–water partition coefficient (Wildman–Crippen LogP) is 5.76. The number of hydrogen-bond donors (Lipinski definition) is 0. The summed E-state index contributed by atoms with van der Waals surface area (Å²) in [4.78, 5) is 12.1. The first kappa shape index (κ1) is 21.4. The molecular weight excluding hydrogens is 388 g/mol. The molecule has 1 aliphatic rings. The van der Waals surface area contributed by atoms with Crippen molar-refractivity contribution in [1.29, 1.82) is 0 Å². The molecule has 0 N–H and O–H groups in total. The van der Waals surface area contributed by atoms with Crippen LogP contribution in [0.3, 0.4) is 0 Å². The van der Waals surface area contributed by atoms with E-state index in [4.69, 9.17) is 25.8 Å². The normalized spacial score (nSPS) is 22.7. The number of halogens is 1. The van der Waals surface area contributed by atoms with E-state index in [1.165, 1.54) is 5.56 Å². The second-order valence-corrected chi connectivity index (χ2v) is 7.98. The van der Waals surface area contributed by atoms with Gasteiger partial charge >= 0.3 is 5.97 Å². The molecule has 0 bridgehead atoms. The fraction of sp³-hybridized carbons (Fsp3) is 0.375. The Morgan fingerprint density at radius 2 is 1.83 bits per heavy atom. The predicted molar refractivity (Wildman–Crippen MR) is 114 cm³/mol. The molecule has 0 saturated carbocycles. The van der Waals surface area contributed by atoms with Crippen LogP contribution in [0.4, 0.5) is 0 Å². The number of carbonyl (C=O) groups is 1. The van der Waals surface area contributed by atoms with E-state index in [1.54, 1.807) is 18.2 Å². The lowest BCUT2D eigenvalue weighted by Crippen LogP contribution is -2.43. The Morgan fingerprint density at radius 3 is 2.45 bits per heavy atom. The van der Waals surface area contributed by atoms with Gasteiger partial charge in [-0.25, -0.2) is 0 Å². The van der Waals surface area contributed by atoms with Crippen molar-refractivity contribution in [3.05, 3.63) is 77.8 Å². The van der Waals surface area contributed by atoms with Crippen molar-refractivity contribution >= 4 is 17.6 Å². The maximum absolute atomic E-state index is 12.1. The molecule has 2 aromatic rings. The molecule has 1 aliphatic heterocycles. The van der Waals surface area contributed by atoms with E-state index in [9.17, 15) is 4.79 Å². The molecule has 154 valence electrons. The van der Waals surface area contributed by atoms with Gasteiger partial charge in [-0.2, -0.15) is 0 Å². The Balaban J connectivity index is 1.80. The first-order valence-corrected chi connectivity index (χ1v) is 10.3. The van der Waals surface area contributed by atoms with Crippen LogP contribution in [-0.2, 0) is 14.3 Å². The number of hydrogen-bond acceptors (Lipinski definition) is 4. The Hall–Kier alpha value is -2.30. The lowest BCUT2D eigenvalue weighted by molar-refractivity contribution is -0.190. The molecule has 4 nitrogen and oxygen atoms in total. The Bertz CT molecular complexity index is 803. The molecule has 0 radical (unpaired) electrons.